The SMILES string of the molecule is CC1=CC(C)(C(C)C)C(C)=C(C)C=C1. The van der Waals surface area contributed by atoms with Gasteiger partial charge in [0.2, 0.25) is 0 Å². The topological polar surface area (TPSA) is 0 Å². The van der Waals surface area contributed by atoms with E-state index in [9.17, 15) is 0 Å². The van der Waals surface area contributed by atoms with E-state index in [4.69, 9.17) is 0 Å². The minimum Gasteiger partial charge on any atom is -0.0713 e. The highest BCUT2D eigenvalue weighted by Gasteiger charge is 2.29. The van der Waals surface area contributed by atoms with Crippen molar-refractivity contribution in [1.82, 2.24) is 0 Å². The summed E-state index contributed by atoms with van der Waals surface area (Å²) in [6.45, 7) is 13.6. The molecule has 0 aromatic rings. The summed E-state index contributed by atoms with van der Waals surface area (Å²) in [5.41, 5.74) is 4.50. The molecule has 0 amide bonds. The van der Waals surface area contributed by atoms with Gasteiger partial charge in [-0.2, -0.15) is 0 Å². The highest BCUT2D eigenvalue weighted by Crippen LogP contribution is 2.40. The quantitative estimate of drug-likeness (QED) is 0.571. The van der Waals surface area contributed by atoms with Crippen LogP contribution in [-0.4, -0.2) is 0 Å². The summed E-state index contributed by atoms with van der Waals surface area (Å²) in [5.74, 6) is 0.646. The van der Waals surface area contributed by atoms with Gasteiger partial charge in [-0.3, -0.25) is 0 Å². The Labute approximate surface area is 88.4 Å². The van der Waals surface area contributed by atoms with Crippen LogP contribution < -0.4 is 0 Å². The number of rotatable bonds is 1. The summed E-state index contributed by atoms with van der Waals surface area (Å²) >= 11 is 0. The highest BCUT2D eigenvalue weighted by atomic mass is 14.3. The molecule has 14 heavy (non-hydrogen) atoms. The van der Waals surface area contributed by atoms with Gasteiger partial charge in [0.25, 0.3) is 0 Å². The van der Waals surface area contributed by atoms with Crippen molar-refractivity contribution in [2.45, 2.75) is 41.5 Å². The van der Waals surface area contributed by atoms with Gasteiger partial charge in [0, 0.05) is 5.41 Å². The maximum absolute atomic E-state index is 2.40. The third-order valence-electron chi connectivity index (χ3n) is 3.72. The lowest BCUT2D eigenvalue weighted by molar-refractivity contribution is 0.356. The first-order valence-corrected chi connectivity index (χ1v) is 5.43. The van der Waals surface area contributed by atoms with Crippen LogP contribution in [0, 0.1) is 11.3 Å². The highest BCUT2D eigenvalue weighted by molar-refractivity contribution is 5.39. The third kappa shape index (κ3) is 1.84. The molecule has 0 N–H and O–H groups in total. The molecule has 0 aromatic carbocycles. The van der Waals surface area contributed by atoms with Crippen molar-refractivity contribution in [3.05, 3.63) is 34.9 Å². The number of hydrogen-bond acceptors (Lipinski definition) is 0. The normalized spacial score (nSPS) is 28.1. The lowest BCUT2D eigenvalue weighted by atomic mass is 9.72. The Balaban J connectivity index is 3.29. The van der Waals surface area contributed by atoms with Crippen LogP contribution in [0.2, 0.25) is 0 Å². The second-order valence-electron chi connectivity index (χ2n) is 4.97. The van der Waals surface area contributed by atoms with Gasteiger partial charge in [0.1, 0.15) is 0 Å². The first kappa shape index (κ1) is 11.3. The lowest BCUT2D eigenvalue weighted by Gasteiger charge is -2.33. The predicted molar refractivity (Wildman–Crippen MR) is 64.2 cm³/mol. The fourth-order valence-corrected chi connectivity index (χ4v) is 2.04. The Bertz CT molecular complexity index is 313. The lowest BCUT2D eigenvalue weighted by Crippen LogP contribution is -2.23. The molecule has 0 bridgehead atoms. The van der Waals surface area contributed by atoms with Crippen molar-refractivity contribution in [2.75, 3.05) is 0 Å². The van der Waals surface area contributed by atoms with Gasteiger partial charge >= 0.3 is 0 Å². The van der Waals surface area contributed by atoms with E-state index in [1.807, 2.05) is 0 Å². The molecule has 1 aliphatic carbocycles. The zero-order chi connectivity index (χ0) is 10.9. The molecule has 0 saturated carbocycles. The first-order valence-electron chi connectivity index (χ1n) is 5.43. The van der Waals surface area contributed by atoms with Crippen LogP contribution in [0.15, 0.2) is 34.9 Å². The van der Waals surface area contributed by atoms with Gasteiger partial charge in [-0.15, -0.1) is 0 Å². The number of hydrogen-bond donors (Lipinski definition) is 0. The fraction of sp³-hybridized carbons (Fsp3) is 0.571. The summed E-state index contributed by atoms with van der Waals surface area (Å²) in [4.78, 5) is 0. The minimum atomic E-state index is 0.220. The second-order valence-corrected chi connectivity index (χ2v) is 4.97. The van der Waals surface area contributed by atoms with Crippen molar-refractivity contribution >= 4 is 0 Å². The van der Waals surface area contributed by atoms with Gasteiger partial charge in [0.05, 0.1) is 0 Å². The molecule has 0 heterocycles. The van der Waals surface area contributed by atoms with Crippen molar-refractivity contribution < 1.29 is 0 Å². The standard InChI is InChI=1S/C14H22/c1-10(2)14(6)9-11(3)7-8-12(4)13(14)5/h7-10H,1-6H3. The molecule has 78 valence electrons. The molecular weight excluding hydrogens is 168 g/mol. The minimum absolute atomic E-state index is 0.220. The Morgan fingerprint density at radius 3 is 2.14 bits per heavy atom. The Morgan fingerprint density at radius 1 is 1.07 bits per heavy atom. The maximum Gasteiger partial charge on any atom is 0.00940 e. The number of allylic oxidation sites excluding steroid dienone is 6. The van der Waals surface area contributed by atoms with Gasteiger partial charge in [-0.1, -0.05) is 55.7 Å². The van der Waals surface area contributed by atoms with Crippen molar-refractivity contribution in [3.8, 4) is 0 Å². The van der Waals surface area contributed by atoms with Crippen LogP contribution >= 0.6 is 0 Å². The zero-order valence-corrected chi connectivity index (χ0v) is 10.3. The van der Waals surface area contributed by atoms with Crippen LogP contribution in [0.25, 0.3) is 0 Å². The van der Waals surface area contributed by atoms with E-state index in [-0.39, 0.29) is 5.41 Å². The zero-order valence-electron chi connectivity index (χ0n) is 10.3. The monoisotopic (exact) mass is 190 g/mol. The maximum atomic E-state index is 2.40. The van der Waals surface area contributed by atoms with Crippen molar-refractivity contribution in [3.63, 3.8) is 0 Å². The summed E-state index contributed by atoms with van der Waals surface area (Å²) in [6, 6.07) is 0. The molecule has 0 fully saturated rings. The van der Waals surface area contributed by atoms with Gasteiger partial charge < -0.3 is 0 Å². The van der Waals surface area contributed by atoms with Gasteiger partial charge in [-0.05, 0) is 26.7 Å². The van der Waals surface area contributed by atoms with E-state index >= 15 is 0 Å². The molecule has 0 heteroatoms. The summed E-state index contributed by atoms with van der Waals surface area (Å²) in [5, 5.41) is 0. The van der Waals surface area contributed by atoms with Crippen LogP contribution in [0.4, 0.5) is 0 Å². The molecule has 0 saturated heterocycles. The van der Waals surface area contributed by atoms with Crippen molar-refractivity contribution in [1.29, 1.82) is 0 Å². The Kier molecular flexibility index (Phi) is 3.04. The third-order valence-corrected chi connectivity index (χ3v) is 3.72. The van der Waals surface area contributed by atoms with Crippen molar-refractivity contribution in [2.24, 2.45) is 11.3 Å². The van der Waals surface area contributed by atoms with Crippen LogP contribution in [0.5, 0.6) is 0 Å². The Morgan fingerprint density at radius 2 is 1.64 bits per heavy atom. The molecule has 1 atom stereocenters. The smallest absolute Gasteiger partial charge is 0.00940 e. The molecule has 0 spiro atoms. The molecule has 1 aliphatic rings. The molecular formula is C14H22. The summed E-state index contributed by atoms with van der Waals surface area (Å²) in [7, 11) is 0. The average molecular weight is 190 g/mol. The molecule has 1 unspecified atom stereocenters. The van der Waals surface area contributed by atoms with E-state index < -0.39 is 0 Å². The molecule has 1 rings (SSSR count). The fourth-order valence-electron chi connectivity index (χ4n) is 2.04. The molecule has 0 aromatic heterocycles. The first-order chi connectivity index (χ1) is 6.38. The summed E-state index contributed by atoms with van der Waals surface area (Å²) in [6.07, 6.45) is 6.85. The summed E-state index contributed by atoms with van der Waals surface area (Å²) < 4.78 is 0. The van der Waals surface area contributed by atoms with Gasteiger partial charge in [-0.25, -0.2) is 0 Å². The predicted octanol–water partition coefficient (Wildman–Crippen LogP) is 4.50. The molecule has 0 radical (unpaired) electrons. The largest absolute Gasteiger partial charge is 0.0713 e. The van der Waals surface area contributed by atoms with Gasteiger partial charge in [0.15, 0.2) is 0 Å². The van der Waals surface area contributed by atoms with Crippen LogP contribution in [-0.2, 0) is 0 Å². The molecule has 0 nitrogen and oxygen atoms in total. The van der Waals surface area contributed by atoms with E-state index in [1.54, 1.807) is 0 Å². The van der Waals surface area contributed by atoms with Crippen LogP contribution in [0.1, 0.15) is 41.5 Å². The van der Waals surface area contributed by atoms with E-state index in [0.717, 1.165) is 0 Å². The average Bonchev–Trinajstić information content (AvgIpc) is 2.19. The Hall–Kier alpha value is -0.780. The van der Waals surface area contributed by atoms with E-state index in [1.165, 1.54) is 16.7 Å². The van der Waals surface area contributed by atoms with E-state index in [2.05, 4.69) is 59.8 Å². The van der Waals surface area contributed by atoms with Crippen LogP contribution in [0.3, 0.4) is 0 Å². The molecule has 0 aliphatic heterocycles. The second kappa shape index (κ2) is 3.76. The van der Waals surface area contributed by atoms with E-state index in [0.29, 0.717) is 5.92 Å².